The average molecular weight is 340 g/mol. The highest BCUT2D eigenvalue weighted by Crippen LogP contribution is 2.46. The van der Waals surface area contributed by atoms with Crippen LogP contribution in [0.4, 0.5) is 0 Å². The van der Waals surface area contributed by atoms with Crippen LogP contribution >= 0.6 is 34.8 Å². The SMILES string of the molecule is CCCCCCCCCc1c(O)c(O)c(Cl)c(Cl)c1Cl. The van der Waals surface area contributed by atoms with Crippen molar-refractivity contribution in [3.63, 3.8) is 0 Å². The Labute approximate surface area is 135 Å². The van der Waals surface area contributed by atoms with Crippen molar-refractivity contribution in [2.24, 2.45) is 0 Å². The number of hydrogen-bond donors (Lipinski definition) is 2. The Morgan fingerprint density at radius 3 is 1.85 bits per heavy atom. The summed E-state index contributed by atoms with van der Waals surface area (Å²) in [4.78, 5) is 0. The highest BCUT2D eigenvalue weighted by molar-refractivity contribution is 6.49. The maximum atomic E-state index is 9.88. The van der Waals surface area contributed by atoms with Crippen LogP contribution in [-0.2, 0) is 6.42 Å². The van der Waals surface area contributed by atoms with Gasteiger partial charge in [0.2, 0.25) is 0 Å². The first-order valence-corrected chi connectivity index (χ1v) is 8.21. The Kier molecular flexibility index (Phi) is 7.86. The van der Waals surface area contributed by atoms with Crippen molar-refractivity contribution in [3.8, 4) is 11.5 Å². The van der Waals surface area contributed by atoms with Crippen molar-refractivity contribution >= 4 is 34.8 Å². The van der Waals surface area contributed by atoms with Gasteiger partial charge in [0, 0.05) is 5.56 Å². The van der Waals surface area contributed by atoms with E-state index in [0.717, 1.165) is 12.8 Å². The lowest BCUT2D eigenvalue weighted by Gasteiger charge is -2.12. The molecule has 1 aromatic carbocycles. The van der Waals surface area contributed by atoms with Crippen molar-refractivity contribution in [2.45, 2.75) is 58.3 Å². The minimum absolute atomic E-state index is 0.0987. The Hall–Kier alpha value is -0.310. The monoisotopic (exact) mass is 338 g/mol. The lowest BCUT2D eigenvalue weighted by Crippen LogP contribution is -1.91. The fourth-order valence-electron chi connectivity index (χ4n) is 2.17. The van der Waals surface area contributed by atoms with E-state index in [1.54, 1.807) is 0 Å². The second-order valence-electron chi connectivity index (χ2n) is 4.99. The minimum atomic E-state index is -0.390. The summed E-state index contributed by atoms with van der Waals surface area (Å²) in [5, 5.41) is 19.8. The van der Waals surface area contributed by atoms with Gasteiger partial charge in [-0.25, -0.2) is 0 Å². The molecular weight excluding hydrogens is 319 g/mol. The van der Waals surface area contributed by atoms with Crippen LogP contribution in [0.5, 0.6) is 11.5 Å². The fraction of sp³-hybridized carbons (Fsp3) is 0.600. The molecule has 114 valence electrons. The number of phenols is 2. The van der Waals surface area contributed by atoms with Gasteiger partial charge in [-0.1, -0.05) is 80.3 Å². The zero-order chi connectivity index (χ0) is 15.1. The molecule has 20 heavy (non-hydrogen) atoms. The predicted octanol–water partition coefficient (Wildman–Crippen LogP) is 6.35. The van der Waals surface area contributed by atoms with E-state index in [0.29, 0.717) is 12.0 Å². The molecule has 0 bridgehead atoms. The molecule has 0 aliphatic rings. The molecule has 0 atom stereocenters. The summed E-state index contributed by atoms with van der Waals surface area (Å²) in [5.41, 5.74) is 0.479. The molecule has 2 N–H and O–H groups in total. The van der Waals surface area contributed by atoms with Gasteiger partial charge in [0.05, 0.1) is 10.0 Å². The van der Waals surface area contributed by atoms with E-state index >= 15 is 0 Å². The van der Waals surface area contributed by atoms with E-state index in [1.807, 2.05) is 0 Å². The van der Waals surface area contributed by atoms with Crippen LogP contribution in [0.3, 0.4) is 0 Å². The van der Waals surface area contributed by atoms with Crippen LogP contribution in [0.1, 0.15) is 57.4 Å². The van der Waals surface area contributed by atoms with Crippen molar-refractivity contribution in [3.05, 3.63) is 20.6 Å². The number of hydrogen-bond acceptors (Lipinski definition) is 2. The lowest BCUT2D eigenvalue weighted by atomic mass is 10.0. The topological polar surface area (TPSA) is 40.5 Å². The first-order chi connectivity index (χ1) is 9.50. The first-order valence-electron chi connectivity index (χ1n) is 7.07. The van der Waals surface area contributed by atoms with Crippen LogP contribution < -0.4 is 0 Å². The summed E-state index contributed by atoms with van der Waals surface area (Å²) in [6.45, 7) is 2.20. The summed E-state index contributed by atoms with van der Waals surface area (Å²) in [6, 6.07) is 0. The van der Waals surface area contributed by atoms with Crippen molar-refractivity contribution in [2.75, 3.05) is 0 Å². The zero-order valence-electron chi connectivity index (χ0n) is 11.7. The Bertz CT molecular complexity index is 418. The lowest BCUT2D eigenvalue weighted by molar-refractivity contribution is 0.399. The molecule has 0 fully saturated rings. The standard InChI is InChI=1S/C15H21Cl3O2/c1-2-3-4-5-6-7-8-9-10-11(16)12(17)13(18)15(20)14(10)19/h19-20H,2-9H2,1H3. The van der Waals surface area contributed by atoms with Crippen LogP contribution in [0.15, 0.2) is 0 Å². The molecule has 0 amide bonds. The van der Waals surface area contributed by atoms with E-state index in [-0.39, 0.29) is 26.6 Å². The largest absolute Gasteiger partial charge is 0.504 e. The van der Waals surface area contributed by atoms with E-state index in [9.17, 15) is 10.2 Å². The van der Waals surface area contributed by atoms with Crippen molar-refractivity contribution in [1.29, 1.82) is 0 Å². The Morgan fingerprint density at radius 1 is 0.700 bits per heavy atom. The summed E-state index contributed by atoms with van der Waals surface area (Å²) in [5.74, 6) is -0.644. The van der Waals surface area contributed by atoms with Crippen LogP contribution in [0.2, 0.25) is 15.1 Å². The molecule has 0 aliphatic carbocycles. The van der Waals surface area contributed by atoms with Crippen LogP contribution in [0, 0.1) is 0 Å². The molecule has 1 aromatic rings. The third kappa shape index (κ3) is 4.61. The summed E-state index contributed by atoms with van der Waals surface area (Å²) in [7, 11) is 0. The van der Waals surface area contributed by atoms with Gasteiger partial charge in [0.1, 0.15) is 5.02 Å². The van der Waals surface area contributed by atoms with Gasteiger partial charge in [0.15, 0.2) is 11.5 Å². The number of phenolic OH excluding ortho intramolecular Hbond substituents is 2. The molecule has 5 heteroatoms. The molecular formula is C15H21Cl3O2. The number of rotatable bonds is 8. The molecule has 2 nitrogen and oxygen atoms in total. The maximum absolute atomic E-state index is 9.88. The number of halogens is 3. The first kappa shape index (κ1) is 17.7. The van der Waals surface area contributed by atoms with Gasteiger partial charge >= 0.3 is 0 Å². The van der Waals surface area contributed by atoms with Crippen LogP contribution in [-0.4, -0.2) is 10.2 Å². The van der Waals surface area contributed by atoms with Gasteiger partial charge < -0.3 is 10.2 Å². The molecule has 0 saturated heterocycles. The molecule has 0 unspecified atom stereocenters. The summed E-state index contributed by atoms with van der Waals surface area (Å²) in [6.07, 6.45) is 8.77. The van der Waals surface area contributed by atoms with Crippen molar-refractivity contribution in [1.82, 2.24) is 0 Å². The molecule has 0 aromatic heterocycles. The minimum Gasteiger partial charge on any atom is -0.504 e. The van der Waals surface area contributed by atoms with Crippen LogP contribution in [0.25, 0.3) is 0 Å². The quantitative estimate of drug-likeness (QED) is 0.329. The highest BCUT2D eigenvalue weighted by Gasteiger charge is 2.20. The molecule has 0 aliphatic heterocycles. The third-order valence-electron chi connectivity index (χ3n) is 3.40. The maximum Gasteiger partial charge on any atom is 0.178 e. The van der Waals surface area contributed by atoms with E-state index in [2.05, 4.69) is 6.92 Å². The normalized spacial score (nSPS) is 11.0. The van der Waals surface area contributed by atoms with E-state index in [4.69, 9.17) is 34.8 Å². The second kappa shape index (κ2) is 8.86. The highest BCUT2D eigenvalue weighted by atomic mass is 35.5. The van der Waals surface area contributed by atoms with E-state index < -0.39 is 0 Å². The predicted molar refractivity (Wildman–Crippen MR) is 86.5 cm³/mol. The van der Waals surface area contributed by atoms with Gasteiger partial charge in [-0.05, 0) is 12.8 Å². The average Bonchev–Trinajstić information content (AvgIpc) is 2.45. The van der Waals surface area contributed by atoms with E-state index in [1.165, 1.54) is 32.1 Å². The Balaban J connectivity index is 2.52. The van der Waals surface area contributed by atoms with Gasteiger partial charge in [0.25, 0.3) is 0 Å². The van der Waals surface area contributed by atoms with Crippen molar-refractivity contribution < 1.29 is 10.2 Å². The molecule has 0 radical (unpaired) electrons. The molecule has 0 saturated carbocycles. The molecule has 0 heterocycles. The molecule has 0 spiro atoms. The Morgan fingerprint density at radius 2 is 1.25 bits per heavy atom. The van der Waals surface area contributed by atoms with Gasteiger partial charge in [-0.15, -0.1) is 0 Å². The third-order valence-corrected chi connectivity index (χ3v) is 4.76. The summed E-state index contributed by atoms with van der Waals surface area (Å²) < 4.78 is 0. The smallest absolute Gasteiger partial charge is 0.178 e. The van der Waals surface area contributed by atoms with Gasteiger partial charge in [-0.2, -0.15) is 0 Å². The number of aromatic hydroxyl groups is 2. The zero-order valence-corrected chi connectivity index (χ0v) is 14.0. The summed E-state index contributed by atoms with van der Waals surface area (Å²) >= 11 is 17.8. The van der Waals surface area contributed by atoms with Gasteiger partial charge in [-0.3, -0.25) is 0 Å². The number of unbranched alkanes of at least 4 members (excludes halogenated alkanes) is 6. The fourth-order valence-corrected chi connectivity index (χ4v) is 2.89. The second-order valence-corrected chi connectivity index (χ2v) is 6.12. The molecule has 1 rings (SSSR count). The number of benzene rings is 1.